The van der Waals surface area contributed by atoms with Crippen molar-refractivity contribution in [1.29, 1.82) is 0 Å². The fraction of sp³-hybridized carbons (Fsp3) is 0.455. The number of aromatic nitrogens is 1. The van der Waals surface area contributed by atoms with Crippen molar-refractivity contribution in [1.82, 2.24) is 4.57 Å². The lowest BCUT2D eigenvalue weighted by Crippen LogP contribution is -2.34. The quantitative estimate of drug-likeness (QED) is 0.340. The molecule has 1 aromatic heterocycles. The van der Waals surface area contributed by atoms with Gasteiger partial charge in [0.1, 0.15) is 5.82 Å². The Kier molecular flexibility index (Phi) is 4.65. The highest BCUT2D eigenvalue weighted by Gasteiger charge is 2.35. The minimum absolute atomic E-state index is 0.0633. The average molecular weight is 426 g/mol. The molecule has 9 heteroatoms. The number of carbonyl (C=O) groups excluding carboxylic acids is 1. The molecule has 0 amide bonds. The van der Waals surface area contributed by atoms with E-state index in [4.69, 9.17) is 5.73 Å². The number of pyridine rings is 1. The van der Waals surface area contributed by atoms with Gasteiger partial charge in [-0.3, -0.25) is 19.7 Å². The summed E-state index contributed by atoms with van der Waals surface area (Å²) in [5.41, 5.74) is 7.55. The van der Waals surface area contributed by atoms with E-state index in [1.807, 2.05) is 4.90 Å². The molecule has 1 saturated heterocycles. The molecule has 0 spiro atoms. The highest BCUT2D eigenvalue weighted by Crippen LogP contribution is 2.40. The van der Waals surface area contributed by atoms with Crippen molar-refractivity contribution < 1.29 is 14.1 Å². The van der Waals surface area contributed by atoms with E-state index in [-0.39, 0.29) is 29.0 Å². The molecule has 2 aliphatic carbocycles. The zero-order chi connectivity index (χ0) is 21.9. The average Bonchev–Trinajstić information content (AvgIpc) is 3.46. The van der Waals surface area contributed by atoms with Gasteiger partial charge in [0.15, 0.2) is 0 Å². The van der Waals surface area contributed by atoms with Crippen LogP contribution >= 0.6 is 0 Å². The number of fused-ring (bicyclic) bond motifs is 2. The predicted molar refractivity (Wildman–Crippen MR) is 114 cm³/mol. The number of ketones is 1. The lowest BCUT2D eigenvalue weighted by Gasteiger charge is -2.24. The van der Waals surface area contributed by atoms with E-state index in [9.17, 15) is 19.7 Å². The van der Waals surface area contributed by atoms with E-state index in [1.165, 1.54) is 17.8 Å². The molecule has 3 aliphatic rings. The molecule has 2 N–H and O–H groups in total. The molecule has 1 aliphatic heterocycles. The van der Waals surface area contributed by atoms with Crippen molar-refractivity contribution in [3.63, 3.8) is 0 Å². The number of carbonyl (C=O) groups is 1. The third-order valence-corrected chi connectivity index (χ3v) is 6.64. The van der Waals surface area contributed by atoms with Crippen LogP contribution in [0.5, 0.6) is 0 Å². The summed E-state index contributed by atoms with van der Waals surface area (Å²) in [6.45, 7) is 0.271. The van der Waals surface area contributed by atoms with Crippen molar-refractivity contribution in [2.24, 2.45) is 11.7 Å². The molecule has 0 unspecified atom stereocenters. The Labute approximate surface area is 177 Å². The third-order valence-electron chi connectivity index (χ3n) is 6.64. The molecule has 1 aromatic carbocycles. The molecular weight excluding hydrogens is 403 g/mol. The van der Waals surface area contributed by atoms with Crippen LogP contribution in [0.4, 0.5) is 10.1 Å². The van der Waals surface area contributed by atoms with Gasteiger partial charge >= 0.3 is 0 Å². The maximum absolute atomic E-state index is 15.2. The fourth-order valence-corrected chi connectivity index (χ4v) is 4.89. The van der Waals surface area contributed by atoms with Crippen molar-refractivity contribution in [2.75, 3.05) is 24.5 Å². The molecule has 31 heavy (non-hydrogen) atoms. The number of halogens is 1. The summed E-state index contributed by atoms with van der Waals surface area (Å²) in [5, 5.41) is 10.8. The first-order valence-electron chi connectivity index (χ1n) is 10.6. The molecule has 162 valence electrons. The molecule has 2 heterocycles. The molecule has 0 radical (unpaired) electrons. The molecule has 2 atom stereocenters. The Bertz CT molecular complexity index is 1200. The Morgan fingerprint density at radius 1 is 1.29 bits per heavy atom. The number of rotatable bonds is 5. The smallest absolute Gasteiger partial charge is 0.266 e. The number of nitrogens with zero attached hydrogens (tertiary/aromatic N) is 3. The molecule has 2 aromatic rings. The summed E-state index contributed by atoms with van der Waals surface area (Å²) in [6, 6.07) is 3.01. The van der Waals surface area contributed by atoms with Crippen LogP contribution in [-0.2, 0) is 0 Å². The van der Waals surface area contributed by atoms with Crippen molar-refractivity contribution in [3.8, 4) is 0 Å². The van der Waals surface area contributed by atoms with E-state index in [2.05, 4.69) is 6.08 Å². The highest BCUT2D eigenvalue weighted by atomic mass is 19.1. The van der Waals surface area contributed by atoms with Gasteiger partial charge < -0.3 is 15.2 Å². The molecular formula is C22H23FN4O4. The summed E-state index contributed by atoms with van der Waals surface area (Å²) in [5.74, 6) is -1.20. The number of benzene rings is 1. The van der Waals surface area contributed by atoms with Crippen LogP contribution < -0.4 is 16.1 Å². The minimum Gasteiger partial charge on any atom is -0.364 e. The van der Waals surface area contributed by atoms with Gasteiger partial charge in [-0.25, -0.2) is 4.39 Å². The van der Waals surface area contributed by atoms with E-state index < -0.39 is 28.5 Å². The highest BCUT2D eigenvalue weighted by molar-refractivity contribution is 6.00. The standard InChI is InChI=1S/C22H23FN4O4/c23-17-6-14-19(7-20(17)25-8-12-2-1-3-18(24)15(12)9-25)26(13-4-5-13)10-16(22(14)29)21(28)11-27(30)31/h2,6-7,10,13,15,18H,1,3-5,8-9,11,24H2/t15-,18+/m1/s1. The number of anilines is 1. The Morgan fingerprint density at radius 2 is 2.06 bits per heavy atom. The van der Waals surface area contributed by atoms with Gasteiger partial charge in [0, 0.05) is 47.6 Å². The second-order valence-corrected chi connectivity index (χ2v) is 8.75. The Morgan fingerprint density at radius 3 is 2.74 bits per heavy atom. The van der Waals surface area contributed by atoms with Crippen molar-refractivity contribution >= 4 is 22.4 Å². The summed E-state index contributed by atoms with van der Waals surface area (Å²) >= 11 is 0. The lowest BCUT2D eigenvalue weighted by molar-refractivity contribution is -0.465. The normalized spacial score (nSPS) is 23.0. The SMILES string of the molecule is N[C@H]1CCC=C2CN(c3cc4c(cc3F)c(=O)c(C(=O)C[N+](=O)[O-])cn4C3CC3)C[C@H]21. The zero-order valence-electron chi connectivity index (χ0n) is 16.9. The number of hydrogen-bond donors (Lipinski definition) is 1. The first-order chi connectivity index (χ1) is 14.8. The van der Waals surface area contributed by atoms with Crippen molar-refractivity contribution in [3.05, 3.63) is 61.7 Å². The number of hydrogen-bond acceptors (Lipinski definition) is 6. The zero-order valence-corrected chi connectivity index (χ0v) is 16.9. The van der Waals surface area contributed by atoms with Gasteiger partial charge in [-0.2, -0.15) is 0 Å². The van der Waals surface area contributed by atoms with E-state index >= 15 is 4.39 Å². The van der Waals surface area contributed by atoms with Crippen LogP contribution in [0.3, 0.4) is 0 Å². The van der Waals surface area contributed by atoms with Gasteiger partial charge in [-0.15, -0.1) is 0 Å². The number of nitro groups is 1. The molecule has 5 rings (SSSR count). The van der Waals surface area contributed by atoms with Crippen LogP contribution in [0.15, 0.2) is 34.8 Å². The Balaban J connectivity index is 1.61. The minimum atomic E-state index is -0.962. The third kappa shape index (κ3) is 3.42. The number of Topliss-reactive ketones (excluding diaryl/α,β-unsaturated/α-hetero) is 1. The monoisotopic (exact) mass is 426 g/mol. The second-order valence-electron chi connectivity index (χ2n) is 8.75. The molecule has 8 nitrogen and oxygen atoms in total. The van der Waals surface area contributed by atoms with Crippen LogP contribution in [0, 0.1) is 21.8 Å². The van der Waals surface area contributed by atoms with Gasteiger partial charge in [0.25, 0.3) is 6.54 Å². The maximum atomic E-state index is 15.2. The van der Waals surface area contributed by atoms with Crippen LogP contribution in [0.25, 0.3) is 10.9 Å². The summed E-state index contributed by atoms with van der Waals surface area (Å²) in [4.78, 5) is 37.2. The first kappa shape index (κ1) is 19.9. The summed E-state index contributed by atoms with van der Waals surface area (Å²) in [6.07, 6.45) is 7.22. The fourth-order valence-electron chi connectivity index (χ4n) is 4.89. The first-order valence-corrected chi connectivity index (χ1v) is 10.6. The maximum Gasteiger partial charge on any atom is 0.266 e. The van der Waals surface area contributed by atoms with Crippen LogP contribution in [-0.4, -0.2) is 40.9 Å². The number of nitrogens with two attached hydrogens (primary N) is 1. The van der Waals surface area contributed by atoms with Gasteiger partial charge in [-0.05, 0) is 43.4 Å². The molecule has 2 fully saturated rings. The lowest BCUT2D eigenvalue weighted by atomic mass is 9.86. The van der Waals surface area contributed by atoms with E-state index in [1.54, 1.807) is 10.6 Å². The van der Waals surface area contributed by atoms with Gasteiger partial charge in [0.2, 0.25) is 11.2 Å². The molecule has 0 bridgehead atoms. The Hall–Kier alpha value is -3.07. The van der Waals surface area contributed by atoms with Gasteiger partial charge in [-0.1, -0.05) is 6.08 Å². The van der Waals surface area contributed by atoms with Gasteiger partial charge in [0.05, 0.1) is 16.8 Å². The summed E-state index contributed by atoms with van der Waals surface area (Å²) < 4.78 is 17.0. The van der Waals surface area contributed by atoms with Crippen LogP contribution in [0.1, 0.15) is 42.1 Å². The molecule has 1 saturated carbocycles. The second kappa shape index (κ2) is 7.26. The topological polar surface area (TPSA) is 111 Å². The van der Waals surface area contributed by atoms with Crippen LogP contribution in [0.2, 0.25) is 0 Å². The summed E-state index contributed by atoms with van der Waals surface area (Å²) in [7, 11) is 0. The van der Waals surface area contributed by atoms with E-state index in [0.717, 1.165) is 25.7 Å². The largest absolute Gasteiger partial charge is 0.364 e. The van der Waals surface area contributed by atoms with Crippen molar-refractivity contribution in [2.45, 2.75) is 37.8 Å². The number of allylic oxidation sites excluding steroid dienone is 1. The predicted octanol–water partition coefficient (Wildman–Crippen LogP) is 2.42. The van der Waals surface area contributed by atoms with E-state index in [0.29, 0.717) is 24.3 Å².